The normalized spacial score (nSPS) is 15.9. The van der Waals surface area contributed by atoms with Crippen molar-refractivity contribution in [1.82, 2.24) is 15.2 Å². The van der Waals surface area contributed by atoms with Gasteiger partial charge in [-0.2, -0.15) is 0 Å². The van der Waals surface area contributed by atoms with Crippen LogP contribution >= 0.6 is 11.3 Å². The summed E-state index contributed by atoms with van der Waals surface area (Å²) in [4.78, 5) is 40.2. The van der Waals surface area contributed by atoms with Gasteiger partial charge in [0.2, 0.25) is 0 Å². The summed E-state index contributed by atoms with van der Waals surface area (Å²) in [6.07, 6.45) is 3.32. The minimum Gasteiger partial charge on any atom is -0.494 e. The number of rotatable bonds is 7. The Bertz CT molecular complexity index is 1450. The van der Waals surface area contributed by atoms with Gasteiger partial charge in [0.05, 0.1) is 23.9 Å². The van der Waals surface area contributed by atoms with E-state index in [1.54, 1.807) is 24.3 Å². The zero-order valence-corrected chi connectivity index (χ0v) is 20.3. The number of thiophene rings is 1. The molecule has 0 radical (unpaired) electrons. The molecule has 1 unspecified atom stereocenters. The molecular formula is C27H27N3O4S. The summed E-state index contributed by atoms with van der Waals surface area (Å²) in [6, 6.07) is 16.6. The number of nitrogens with zero attached hydrogens (tertiary/aromatic N) is 1. The number of fused-ring (bicyclic) bond motifs is 3. The predicted octanol–water partition coefficient (Wildman–Crippen LogP) is 3.98. The number of hydrogen-bond donors (Lipinski definition) is 2. The van der Waals surface area contributed by atoms with E-state index in [1.807, 2.05) is 30.3 Å². The summed E-state index contributed by atoms with van der Waals surface area (Å²) < 4.78 is 7.79. The number of hydrogen-bond acceptors (Lipinski definition) is 6. The monoisotopic (exact) mass is 489 g/mol. The van der Waals surface area contributed by atoms with E-state index in [-0.39, 0.29) is 35.6 Å². The predicted molar refractivity (Wildman–Crippen MR) is 139 cm³/mol. The highest BCUT2D eigenvalue weighted by Crippen LogP contribution is 2.39. The van der Waals surface area contributed by atoms with E-state index in [9.17, 15) is 14.4 Å². The first-order valence-corrected chi connectivity index (χ1v) is 12.6. The minimum atomic E-state index is -0.343. The van der Waals surface area contributed by atoms with Crippen LogP contribution in [0.3, 0.4) is 0 Å². The Kier molecular flexibility index (Phi) is 6.66. The second-order valence-electron chi connectivity index (χ2n) is 8.72. The average molecular weight is 490 g/mol. The molecule has 0 bridgehead atoms. The van der Waals surface area contributed by atoms with Gasteiger partial charge in [-0.1, -0.05) is 55.0 Å². The van der Waals surface area contributed by atoms with E-state index in [0.29, 0.717) is 32.6 Å². The van der Waals surface area contributed by atoms with Crippen LogP contribution in [-0.2, 0) is 6.54 Å². The molecule has 0 saturated carbocycles. The molecule has 0 aliphatic carbocycles. The van der Waals surface area contributed by atoms with Gasteiger partial charge < -0.3 is 15.4 Å². The summed E-state index contributed by atoms with van der Waals surface area (Å²) in [5, 5.41) is 7.57. The average Bonchev–Trinajstić information content (AvgIpc) is 3.31. The number of amides is 1. The lowest BCUT2D eigenvalue weighted by molar-refractivity contribution is 0.0946. The summed E-state index contributed by atoms with van der Waals surface area (Å²) in [6.45, 7) is 1.37. The van der Waals surface area contributed by atoms with Gasteiger partial charge in [0.25, 0.3) is 11.5 Å². The standard InChI is InChI=1S/C27H27N3O4S/c1-34-23-22-24(35-25(23)26(32)29-15-18-11-7-8-14-28-18)19-12-5-6-13-20(19)30(27(22)33)16-21(31)17-9-3-2-4-10-17/h2-6,9-10,12-13,18,28H,7-8,11,14-16H2,1H3,(H,29,32). The van der Waals surface area contributed by atoms with Crippen LogP contribution in [0, 0.1) is 0 Å². The topological polar surface area (TPSA) is 89.4 Å². The maximum atomic E-state index is 13.7. The summed E-state index contributed by atoms with van der Waals surface area (Å²) in [5.41, 5.74) is 0.845. The van der Waals surface area contributed by atoms with E-state index in [0.717, 1.165) is 31.2 Å². The lowest BCUT2D eigenvalue weighted by Crippen LogP contribution is -2.43. The van der Waals surface area contributed by atoms with Gasteiger partial charge in [-0.05, 0) is 25.5 Å². The molecular weight excluding hydrogens is 462 g/mol. The van der Waals surface area contributed by atoms with Gasteiger partial charge in [-0.25, -0.2) is 0 Å². The molecule has 1 fully saturated rings. The van der Waals surface area contributed by atoms with Crippen molar-refractivity contribution in [1.29, 1.82) is 0 Å². The molecule has 1 aliphatic heterocycles. The quantitative estimate of drug-likeness (QED) is 0.384. The molecule has 1 amide bonds. The highest BCUT2D eigenvalue weighted by Gasteiger charge is 2.26. The zero-order valence-electron chi connectivity index (χ0n) is 19.5. The Hall–Kier alpha value is -3.49. The van der Waals surface area contributed by atoms with Gasteiger partial charge in [0, 0.05) is 23.5 Å². The molecule has 35 heavy (non-hydrogen) atoms. The lowest BCUT2D eigenvalue weighted by atomic mass is 10.1. The molecule has 1 aliphatic rings. The maximum Gasteiger partial charge on any atom is 0.265 e. The Morgan fingerprint density at radius 2 is 1.89 bits per heavy atom. The van der Waals surface area contributed by atoms with Crippen molar-refractivity contribution in [2.75, 3.05) is 20.2 Å². The van der Waals surface area contributed by atoms with E-state index in [2.05, 4.69) is 10.6 Å². The van der Waals surface area contributed by atoms with Gasteiger partial charge in [0.1, 0.15) is 10.3 Å². The smallest absolute Gasteiger partial charge is 0.265 e. The number of nitrogens with one attached hydrogen (secondary N) is 2. The summed E-state index contributed by atoms with van der Waals surface area (Å²) in [7, 11) is 1.47. The summed E-state index contributed by atoms with van der Waals surface area (Å²) in [5.74, 6) is -0.161. The molecule has 2 aromatic heterocycles. The molecule has 8 heteroatoms. The third kappa shape index (κ3) is 4.47. The molecule has 5 rings (SSSR count). The maximum absolute atomic E-state index is 13.7. The van der Waals surface area contributed by atoms with Crippen molar-refractivity contribution in [3.05, 3.63) is 75.4 Å². The Balaban J connectivity index is 1.58. The third-order valence-electron chi connectivity index (χ3n) is 6.49. The van der Waals surface area contributed by atoms with E-state index in [4.69, 9.17) is 4.74 Å². The molecule has 4 aromatic rings. The highest BCUT2D eigenvalue weighted by atomic mass is 32.1. The molecule has 3 heterocycles. The fourth-order valence-corrected chi connectivity index (χ4v) is 5.91. The molecule has 0 spiro atoms. The fraction of sp³-hybridized carbons (Fsp3) is 0.296. The van der Waals surface area contributed by atoms with Gasteiger partial charge in [-0.15, -0.1) is 11.3 Å². The van der Waals surface area contributed by atoms with Gasteiger partial charge in [-0.3, -0.25) is 19.0 Å². The van der Waals surface area contributed by atoms with Crippen molar-refractivity contribution in [2.45, 2.75) is 31.8 Å². The summed E-state index contributed by atoms with van der Waals surface area (Å²) >= 11 is 1.26. The van der Waals surface area contributed by atoms with Crippen LogP contribution in [0.1, 0.15) is 39.3 Å². The number of benzene rings is 2. The van der Waals surface area contributed by atoms with Crippen molar-refractivity contribution in [3.8, 4) is 5.75 Å². The molecule has 2 aromatic carbocycles. The first-order chi connectivity index (χ1) is 17.1. The van der Waals surface area contributed by atoms with Gasteiger partial charge in [0.15, 0.2) is 11.5 Å². The fourth-order valence-electron chi connectivity index (χ4n) is 4.70. The number of methoxy groups -OCH3 is 1. The van der Waals surface area contributed by atoms with Crippen LogP contribution in [0.25, 0.3) is 21.0 Å². The Morgan fingerprint density at radius 3 is 2.63 bits per heavy atom. The van der Waals surface area contributed by atoms with Crippen molar-refractivity contribution >= 4 is 44.0 Å². The second-order valence-corrected chi connectivity index (χ2v) is 9.74. The Morgan fingerprint density at radius 1 is 1.11 bits per heavy atom. The molecule has 1 saturated heterocycles. The van der Waals surface area contributed by atoms with Crippen molar-refractivity contribution in [2.24, 2.45) is 0 Å². The van der Waals surface area contributed by atoms with E-state index in [1.165, 1.54) is 23.0 Å². The number of ketones is 1. The number of Topliss-reactive ketones (excluding diaryl/α,β-unsaturated/α-hetero) is 1. The lowest BCUT2D eigenvalue weighted by Gasteiger charge is -2.23. The first-order valence-electron chi connectivity index (χ1n) is 11.8. The number of ether oxygens (including phenoxy) is 1. The molecule has 1 atom stereocenters. The Labute approximate surface area is 206 Å². The second kappa shape index (κ2) is 10.0. The molecule has 180 valence electrons. The highest BCUT2D eigenvalue weighted by molar-refractivity contribution is 7.22. The third-order valence-corrected chi connectivity index (χ3v) is 7.70. The van der Waals surface area contributed by atoms with Crippen LogP contribution in [0.15, 0.2) is 59.4 Å². The minimum absolute atomic E-state index is 0.104. The first kappa shape index (κ1) is 23.3. The van der Waals surface area contributed by atoms with Crippen LogP contribution < -0.4 is 20.9 Å². The molecule has 7 nitrogen and oxygen atoms in total. The van der Waals surface area contributed by atoms with Crippen LogP contribution in [-0.4, -0.2) is 42.5 Å². The zero-order chi connectivity index (χ0) is 24.4. The van der Waals surface area contributed by atoms with Crippen LogP contribution in [0.4, 0.5) is 0 Å². The number of para-hydroxylation sites is 1. The largest absolute Gasteiger partial charge is 0.494 e. The van der Waals surface area contributed by atoms with E-state index >= 15 is 0 Å². The SMILES string of the molecule is COc1c(C(=O)NCC2CCCCN2)sc2c1c(=O)n(CC(=O)c1ccccc1)c1ccccc21. The van der Waals surface area contributed by atoms with Crippen molar-refractivity contribution < 1.29 is 14.3 Å². The van der Waals surface area contributed by atoms with Crippen molar-refractivity contribution in [3.63, 3.8) is 0 Å². The van der Waals surface area contributed by atoms with E-state index < -0.39 is 0 Å². The number of aromatic nitrogens is 1. The molecule has 2 N–H and O–H groups in total. The number of carbonyl (C=O) groups is 2. The van der Waals surface area contributed by atoms with Crippen LogP contribution in [0.5, 0.6) is 5.75 Å². The van der Waals surface area contributed by atoms with Gasteiger partial charge >= 0.3 is 0 Å². The van der Waals surface area contributed by atoms with Crippen LogP contribution in [0.2, 0.25) is 0 Å². The number of carbonyl (C=O) groups excluding carboxylic acids is 2. The number of piperidine rings is 1. The number of pyridine rings is 1.